The summed E-state index contributed by atoms with van der Waals surface area (Å²) in [6.45, 7) is 5.91. The molecule has 13 heteroatoms. The van der Waals surface area contributed by atoms with Gasteiger partial charge in [-0.3, -0.25) is 28.8 Å². The molecule has 6 heterocycles. The Hall–Kier alpha value is -4.16. The van der Waals surface area contributed by atoms with Gasteiger partial charge in [-0.25, -0.2) is 0 Å². The van der Waals surface area contributed by atoms with E-state index in [2.05, 4.69) is 16.0 Å². The predicted octanol–water partition coefficient (Wildman–Crippen LogP) is 1.49. The number of benzene rings is 1. The topological polar surface area (TPSA) is 168 Å². The fourth-order valence-electron chi connectivity index (χ4n) is 9.19. The van der Waals surface area contributed by atoms with Gasteiger partial charge in [0.15, 0.2) is 0 Å². The third-order valence-corrected chi connectivity index (χ3v) is 12.1. The minimum absolute atomic E-state index is 0.0143. The third kappa shape index (κ3) is 6.10. The molecule has 0 bridgehead atoms. The zero-order valence-corrected chi connectivity index (χ0v) is 29.2. The Bertz CT molecular complexity index is 1580. The molecule has 0 radical (unpaired) electrons. The van der Waals surface area contributed by atoms with E-state index in [-0.39, 0.29) is 59.3 Å². The predicted molar refractivity (Wildman–Crippen MR) is 181 cm³/mol. The van der Waals surface area contributed by atoms with E-state index in [0.717, 1.165) is 107 Å². The number of fused-ring (bicyclic) bond motifs is 3. The van der Waals surface area contributed by atoms with Crippen LogP contribution in [0.1, 0.15) is 100 Å². The van der Waals surface area contributed by atoms with Crippen molar-refractivity contribution in [2.24, 2.45) is 0 Å². The Balaban J connectivity index is 0.000000121. The summed E-state index contributed by atoms with van der Waals surface area (Å²) in [4.78, 5) is 77.7. The summed E-state index contributed by atoms with van der Waals surface area (Å²) in [6, 6.07) is 2.67. The molecule has 4 N–H and O–H groups in total. The van der Waals surface area contributed by atoms with Gasteiger partial charge in [-0.1, -0.05) is 31.4 Å². The first-order valence-corrected chi connectivity index (χ1v) is 18.6. The van der Waals surface area contributed by atoms with Crippen LogP contribution in [0.4, 0.5) is 0 Å². The highest BCUT2D eigenvalue weighted by Crippen LogP contribution is 2.42. The van der Waals surface area contributed by atoms with Crippen LogP contribution < -0.4 is 16.0 Å². The molecule has 13 nitrogen and oxygen atoms in total. The van der Waals surface area contributed by atoms with Gasteiger partial charge in [-0.15, -0.1) is 0 Å². The van der Waals surface area contributed by atoms with Gasteiger partial charge in [-0.2, -0.15) is 0 Å². The van der Waals surface area contributed by atoms with Gasteiger partial charge in [-0.05, 0) is 94.7 Å². The Kier molecular flexibility index (Phi) is 9.05. The molecule has 0 aromatic heterocycles. The highest BCUT2D eigenvalue weighted by molar-refractivity contribution is 6.02. The van der Waals surface area contributed by atoms with Crippen LogP contribution in [-0.2, 0) is 35.2 Å². The van der Waals surface area contributed by atoms with Crippen LogP contribution in [0.5, 0.6) is 5.75 Å². The van der Waals surface area contributed by atoms with E-state index in [1.54, 1.807) is 9.80 Å². The molecule has 9 rings (SSSR count). The molecule has 2 aliphatic carbocycles. The van der Waals surface area contributed by atoms with Crippen LogP contribution in [0.15, 0.2) is 12.1 Å². The largest absolute Gasteiger partial charge is 0.507 e. The lowest BCUT2D eigenvalue weighted by atomic mass is 9.79. The van der Waals surface area contributed by atoms with Crippen molar-refractivity contribution in [1.29, 1.82) is 0 Å². The van der Waals surface area contributed by atoms with Gasteiger partial charge in [0.2, 0.25) is 35.4 Å². The molecule has 0 unspecified atom stereocenters. The minimum Gasteiger partial charge on any atom is -0.507 e. The summed E-state index contributed by atoms with van der Waals surface area (Å²) >= 11 is 0. The average Bonchev–Trinajstić information content (AvgIpc) is 3.53. The van der Waals surface area contributed by atoms with E-state index in [4.69, 9.17) is 0 Å². The third-order valence-electron chi connectivity index (χ3n) is 12.1. The Labute approximate surface area is 292 Å². The van der Waals surface area contributed by atoms with E-state index in [0.29, 0.717) is 13.0 Å². The van der Waals surface area contributed by atoms with Crippen LogP contribution in [0.25, 0.3) is 0 Å². The number of carbonyl (C=O) groups excluding carboxylic acids is 6. The molecular formula is C37H50N6O7. The lowest BCUT2D eigenvalue weighted by Gasteiger charge is -2.45. The number of aromatic hydroxyl groups is 1. The fourth-order valence-corrected chi connectivity index (χ4v) is 9.19. The maximum atomic E-state index is 12.5. The van der Waals surface area contributed by atoms with Gasteiger partial charge in [0.05, 0.1) is 0 Å². The molecule has 1 aromatic carbocycles. The number of hydrogen-bond acceptors (Lipinski definition) is 7. The van der Waals surface area contributed by atoms with Crippen molar-refractivity contribution in [2.45, 2.75) is 139 Å². The van der Waals surface area contributed by atoms with Gasteiger partial charge >= 0.3 is 0 Å². The Morgan fingerprint density at radius 3 is 1.60 bits per heavy atom. The molecule has 1 aromatic rings. The highest BCUT2D eigenvalue weighted by Gasteiger charge is 2.59. The number of hydrogen-bond donors (Lipinski definition) is 4. The second-order valence-electron chi connectivity index (χ2n) is 15.5. The van der Waals surface area contributed by atoms with Crippen molar-refractivity contribution >= 4 is 35.4 Å². The molecule has 4 atom stereocenters. The monoisotopic (exact) mass is 690 g/mol. The van der Waals surface area contributed by atoms with E-state index in [1.807, 2.05) is 30.9 Å². The number of carbonyl (C=O) groups is 6. The van der Waals surface area contributed by atoms with Crippen molar-refractivity contribution < 1.29 is 33.9 Å². The Morgan fingerprint density at radius 1 is 0.640 bits per heavy atom. The van der Waals surface area contributed by atoms with Crippen molar-refractivity contribution in [3.63, 3.8) is 0 Å². The van der Waals surface area contributed by atoms with Crippen molar-refractivity contribution in [2.75, 3.05) is 19.6 Å². The summed E-state index contributed by atoms with van der Waals surface area (Å²) in [5.41, 5.74) is 1.55. The fraction of sp³-hybridized carbons (Fsp3) is 0.676. The molecule has 8 aliphatic rings. The Morgan fingerprint density at radius 2 is 1.10 bits per heavy atom. The molecule has 2 saturated carbocycles. The molecule has 8 fully saturated rings. The highest BCUT2D eigenvalue weighted by atomic mass is 16.3. The number of phenols is 1. The van der Waals surface area contributed by atoms with Crippen LogP contribution in [-0.4, -0.2) is 110 Å². The number of piperazine rings is 3. The quantitative estimate of drug-likeness (QED) is 0.365. The molecule has 6 saturated heterocycles. The van der Waals surface area contributed by atoms with E-state index in [9.17, 15) is 33.9 Å². The van der Waals surface area contributed by atoms with Gasteiger partial charge in [0.25, 0.3) is 0 Å². The summed E-state index contributed by atoms with van der Waals surface area (Å²) in [5, 5.41) is 18.5. The first-order chi connectivity index (χ1) is 23.9. The SMILES string of the molecule is Cc1cc(C[C@@H]2NC(=O)[C@@H]3CCCN3C2=O)cc(C)c1O.O=C1NC2(CC2)C(=O)N2CCC[C@@H]12.O=C1NC2(CCCCC2)C(=O)N2CCC[C@@H]12. The zero-order valence-electron chi connectivity index (χ0n) is 29.2. The molecular weight excluding hydrogens is 640 g/mol. The normalized spacial score (nSPS) is 30.0. The van der Waals surface area contributed by atoms with Crippen LogP contribution in [0.3, 0.4) is 0 Å². The van der Waals surface area contributed by atoms with Crippen molar-refractivity contribution in [3.8, 4) is 5.75 Å². The first kappa shape index (κ1) is 34.3. The van der Waals surface area contributed by atoms with Crippen molar-refractivity contribution in [3.05, 3.63) is 28.8 Å². The van der Waals surface area contributed by atoms with Crippen LogP contribution >= 0.6 is 0 Å². The van der Waals surface area contributed by atoms with Crippen LogP contribution in [0.2, 0.25) is 0 Å². The van der Waals surface area contributed by atoms with Crippen LogP contribution in [0, 0.1) is 13.8 Å². The summed E-state index contributed by atoms with van der Waals surface area (Å²) in [5.74, 6) is 0.764. The van der Waals surface area contributed by atoms with E-state index in [1.165, 1.54) is 6.42 Å². The molecule has 2 spiro atoms. The number of aryl methyl sites for hydroxylation is 2. The number of rotatable bonds is 2. The lowest BCUT2D eigenvalue weighted by Crippen LogP contribution is -2.69. The lowest BCUT2D eigenvalue weighted by molar-refractivity contribution is -0.154. The first-order valence-electron chi connectivity index (χ1n) is 18.6. The standard InChI is InChI=1S/C16H20N2O3.C12H18N2O2.C9H12N2O2/c1-9-6-11(7-10(2)14(9)19)8-12-16(21)18-5-3-4-13(18)15(20)17-12;15-10-9-5-4-8-14(9)11(16)12(13-10)6-2-1-3-7-12;12-7-6-2-1-5-11(6)8(13)9(10-7)3-4-9/h6-7,12-13,19H,3-5,8H2,1-2H3,(H,17,20);9H,1-8H2,(H,13,15);6H,1-5H2,(H,10,12)/t12-,13-;9-;6-/m000/s1. The number of nitrogens with zero attached hydrogens (tertiary/aromatic N) is 3. The minimum atomic E-state index is -0.532. The second kappa shape index (κ2) is 13.2. The average molecular weight is 691 g/mol. The smallest absolute Gasteiger partial charge is 0.249 e. The summed E-state index contributed by atoms with van der Waals surface area (Å²) in [7, 11) is 0. The van der Waals surface area contributed by atoms with Gasteiger partial charge < -0.3 is 35.8 Å². The molecule has 6 amide bonds. The number of nitrogens with one attached hydrogen (secondary N) is 3. The second-order valence-corrected chi connectivity index (χ2v) is 15.5. The van der Waals surface area contributed by atoms with E-state index < -0.39 is 17.1 Å². The maximum Gasteiger partial charge on any atom is 0.249 e. The summed E-state index contributed by atoms with van der Waals surface area (Å²) in [6.07, 6.45) is 12.4. The van der Waals surface area contributed by atoms with E-state index >= 15 is 0 Å². The summed E-state index contributed by atoms with van der Waals surface area (Å²) < 4.78 is 0. The van der Waals surface area contributed by atoms with Gasteiger partial charge in [0.1, 0.15) is 41.0 Å². The zero-order chi connectivity index (χ0) is 35.4. The van der Waals surface area contributed by atoms with Gasteiger partial charge in [0, 0.05) is 26.1 Å². The molecule has 270 valence electrons. The molecule has 6 aliphatic heterocycles. The molecule has 50 heavy (non-hydrogen) atoms. The number of phenolic OH excluding ortho intramolecular Hbond substituents is 1. The maximum absolute atomic E-state index is 12.5. The van der Waals surface area contributed by atoms with Crippen molar-refractivity contribution in [1.82, 2.24) is 30.7 Å². The number of amides is 6.